The molecule has 2 atom stereocenters. The number of hydrogen-bond donors (Lipinski definition) is 0. The number of aliphatic imine (C=N–C) groups is 1. The number of fused-ring (bicyclic) bond motifs is 5. The third-order valence-corrected chi connectivity index (χ3v) is 8.94. The zero-order valence-corrected chi connectivity index (χ0v) is 22.4. The van der Waals surface area contributed by atoms with Gasteiger partial charge in [-0.1, -0.05) is 57.2 Å². The van der Waals surface area contributed by atoms with Gasteiger partial charge in [-0.15, -0.1) is 0 Å². The van der Waals surface area contributed by atoms with E-state index in [4.69, 9.17) is 0 Å². The van der Waals surface area contributed by atoms with Crippen LogP contribution in [0.15, 0.2) is 76.6 Å². The first-order chi connectivity index (χ1) is 17.7. The second kappa shape index (κ2) is 9.38. The highest BCUT2D eigenvalue weighted by molar-refractivity contribution is 6.17. The Morgan fingerprint density at radius 2 is 1.54 bits per heavy atom. The average Bonchev–Trinajstić information content (AvgIpc) is 3.20. The van der Waals surface area contributed by atoms with Gasteiger partial charge in [0.2, 0.25) is 0 Å². The summed E-state index contributed by atoms with van der Waals surface area (Å²) in [7, 11) is 0. The lowest BCUT2D eigenvalue weighted by atomic mass is 9.61. The molecule has 0 bridgehead atoms. The van der Waals surface area contributed by atoms with Crippen LogP contribution < -0.4 is 9.80 Å². The lowest BCUT2D eigenvalue weighted by molar-refractivity contribution is -0.0941. The SMILES string of the molecule is CCC1C2N(c3ccccc3C)C3=NC=C(C(F)(F)F)CCC(C)=C3N2c2ccccc2C1(CC)CC. The quantitative estimate of drug-likeness (QED) is 0.412. The largest absolute Gasteiger partial charge is 0.414 e. The second-order valence-electron chi connectivity index (χ2n) is 10.6. The number of amidine groups is 1. The first-order valence-electron chi connectivity index (χ1n) is 13.5. The number of nitrogens with zero attached hydrogens (tertiary/aromatic N) is 3. The highest BCUT2D eigenvalue weighted by Gasteiger charge is 2.56. The molecule has 1 fully saturated rings. The lowest BCUT2D eigenvalue weighted by Gasteiger charge is -2.53. The molecule has 0 aliphatic carbocycles. The number of rotatable bonds is 4. The summed E-state index contributed by atoms with van der Waals surface area (Å²) in [5, 5.41) is 0. The number of halogens is 3. The molecule has 0 aromatic heterocycles. The summed E-state index contributed by atoms with van der Waals surface area (Å²) in [6.07, 6.45) is -0.180. The fourth-order valence-corrected chi connectivity index (χ4v) is 7.03. The Labute approximate surface area is 218 Å². The van der Waals surface area contributed by atoms with E-state index in [0.717, 1.165) is 53.7 Å². The van der Waals surface area contributed by atoms with Crippen LogP contribution in [0.2, 0.25) is 0 Å². The molecular formula is C31H36F3N3. The molecule has 0 spiro atoms. The normalized spacial score (nSPS) is 23.0. The Kier molecular flexibility index (Phi) is 6.49. The Morgan fingerprint density at radius 1 is 0.892 bits per heavy atom. The van der Waals surface area contributed by atoms with Gasteiger partial charge in [0, 0.05) is 28.9 Å². The van der Waals surface area contributed by atoms with Gasteiger partial charge >= 0.3 is 6.18 Å². The number of benzene rings is 2. The van der Waals surface area contributed by atoms with Crippen molar-refractivity contribution in [1.82, 2.24) is 0 Å². The van der Waals surface area contributed by atoms with E-state index in [-0.39, 0.29) is 23.9 Å². The second-order valence-corrected chi connectivity index (χ2v) is 10.6. The molecule has 0 amide bonds. The number of aryl methyl sites for hydroxylation is 1. The molecule has 0 saturated carbocycles. The number of para-hydroxylation sites is 2. The Balaban J connectivity index is 1.87. The van der Waals surface area contributed by atoms with Gasteiger partial charge in [-0.3, -0.25) is 0 Å². The van der Waals surface area contributed by atoms with Crippen LogP contribution in [0.25, 0.3) is 0 Å². The van der Waals surface area contributed by atoms with Gasteiger partial charge in [0.1, 0.15) is 6.17 Å². The average molecular weight is 508 g/mol. The van der Waals surface area contributed by atoms with Crippen LogP contribution in [0.4, 0.5) is 24.5 Å². The molecular weight excluding hydrogens is 471 g/mol. The van der Waals surface area contributed by atoms with Gasteiger partial charge in [0.15, 0.2) is 5.84 Å². The van der Waals surface area contributed by atoms with Gasteiger partial charge in [0.05, 0.1) is 11.3 Å². The van der Waals surface area contributed by atoms with Crippen molar-refractivity contribution in [2.24, 2.45) is 10.9 Å². The molecule has 3 aliphatic heterocycles. The summed E-state index contributed by atoms with van der Waals surface area (Å²) in [6, 6.07) is 16.8. The predicted molar refractivity (Wildman–Crippen MR) is 146 cm³/mol. The fourth-order valence-electron chi connectivity index (χ4n) is 7.03. The molecule has 0 N–H and O–H groups in total. The van der Waals surface area contributed by atoms with Crippen molar-refractivity contribution in [3.8, 4) is 0 Å². The zero-order chi connectivity index (χ0) is 26.5. The predicted octanol–water partition coefficient (Wildman–Crippen LogP) is 8.66. The maximum absolute atomic E-state index is 13.8. The minimum Gasteiger partial charge on any atom is -0.316 e. The van der Waals surface area contributed by atoms with Crippen LogP contribution in [-0.2, 0) is 5.41 Å². The van der Waals surface area contributed by atoms with Crippen molar-refractivity contribution in [3.05, 3.63) is 82.7 Å². The Hall–Kier alpha value is -3.02. The standard InChI is InChI=1S/C31H36F3N3/c1-6-23-29-36(26-16-12-10-14-24(26)30(23,7-2)8-3)27-21(5)17-18-22(31(32,33)34)19-35-28(27)37(29)25-15-11-9-13-20(25)4/h9-16,19,23,29H,6-8,17-18H2,1-5H3. The van der Waals surface area contributed by atoms with Gasteiger partial charge in [-0.05, 0) is 74.8 Å². The van der Waals surface area contributed by atoms with Crippen LogP contribution in [0.1, 0.15) is 70.9 Å². The molecule has 5 rings (SSSR count). The van der Waals surface area contributed by atoms with Crippen molar-refractivity contribution in [2.75, 3.05) is 9.80 Å². The van der Waals surface area contributed by atoms with E-state index in [1.54, 1.807) is 0 Å². The molecule has 196 valence electrons. The van der Waals surface area contributed by atoms with Crippen LogP contribution in [0, 0.1) is 12.8 Å². The summed E-state index contributed by atoms with van der Waals surface area (Å²) in [5.74, 6) is 0.869. The van der Waals surface area contributed by atoms with Crippen LogP contribution in [0.3, 0.4) is 0 Å². The van der Waals surface area contributed by atoms with Crippen molar-refractivity contribution in [1.29, 1.82) is 0 Å². The molecule has 2 unspecified atom stereocenters. The Bertz CT molecular complexity index is 1280. The minimum absolute atomic E-state index is 0.0466. The van der Waals surface area contributed by atoms with E-state index in [9.17, 15) is 13.2 Å². The third-order valence-electron chi connectivity index (χ3n) is 8.94. The maximum atomic E-state index is 13.8. The zero-order valence-electron chi connectivity index (χ0n) is 22.4. The summed E-state index contributed by atoms with van der Waals surface area (Å²) in [5.41, 5.74) is 5.85. The van der Waals surface area contributed by atoms with Crippen molar-refractivity contribution >= 4 is 17.2 Å². The summed E-state index contributed by atoms with van der Waals surface area (Å²) >= 11 is 0. The summed E-state index contributed by atoms with van der Waals surface area (Å²) in [4.78, 5) is 9.32. The fraction of sp³-hybridized carbons (Fsp3) is 0.452. The highest BCUT2D eigenvalue weighted by Crippen LogP contribution is 2.57. The number of anilines is 2. The van der Waals surface area contributed by atoms with Crippen molar-refractivity contribution in [3.63, 3.8) is 0 Å². The van der Waals surface area contributed by atoms with Gasteiger partial charge < -0.3 is 9.80 Å². The van der Waals surface area contributed by atoms with Crippen LogP contribution in [0.5, 0.6) is 0 Å². The molecule has 37 heavy (non-hydrogen) atoms. The third kappa shape index (κ3) is 3.82. The molecule has 3 nitrogen and oxygen atoms in total. The molecule has 2 aromatic carbocycles. The van der Waals surface area contributed by atoms with Crippen molar-refractivity contribution in [2.45, 2.75) is 84.5 Å². The minimum atomic E-state index is -4.39. The summed E-state index contributed by atoms with van der Waals surface area (Å²) < 4.78 is 41.5. The first kappa shape index (κ1) is 25.6. The smallest absolute Gasteiger partial charge is 0.316 e. The van der Waals surface area contributed by atoms with E-state index in [1.807, 2.05) is 19.1 Å². The number of alkyl halides is 3. The van der Waals surface area contributed by atoms with Gasteiger partial charge in [0.25, 0.3) is 0 Å². The van der Waals surface area contributed by atoms with Crippen molar-refractivity contribution < 1.29 is 13.2 Å². The highest BCUT2D eigenvalue weighted by atomic mass is 19.4. The topological polar surface area (TPSA) is 18.8 Å². The monoisotopic (exact) mass is 507 g/mol. The van der Waals surface area contributed by atoms with Gasteiger partial charge in [-0.25, -0.2) is 4.99 Å². The van der Waals surface area contributed by atoms with Gasteiger partial charge in [-0.2, -0.15) is 13.2 Å². The molecule has 6 heteroatoms. The van der Waals surface area contributed by atoms with Crippen LogP contribution >= 0.6 is 0 Å². The lowest BCUT2D eigenvalue weighted by Crippen LogP contribution is -2.56. The van der Waals surface area contributed by atoms with E-state index in [0.29, 0.717) is 12.3 Å². The van der Waals surface area contributed by atoms with E-state index < -0.39 is 11.7 Å². The molecule has 2 aromatic rings. The van der Waals surface area contributed by atoms with Crippen LogP contribution in [-0.4, -0.2) is 18.2 Å². The van der Waals surface area contributed by atoms with E-state index in [2.05, 4.69) is 78.9 Å². The maximum Gasteiger partial charge on any atom is 0.414 e. The Morgan fingerprint density at radius 3 is 2.16 bits per heavy atom. The first-order valence-corrected chi connectivity index (χ1v) is 13.5. The molecule has 3 heterocycles. The summed E-state index contributed by atoms with van der Waals surface area (Å²) in [6.45, 7) is 10.8. The molecule has 0 radical (unpaired) electrons. The number of hydrogen-bond acceptors (Lipinski definition) is 3. The van der Waals surface area contributed by atoms with E-state index >= 15 is 0 Å². The number of allylic oxidation sites excluding steroid dienone is 2. The molecule has 1 saturated heterocycles. The van der Waals surface area contributed by atoms with E-state index in [1.165, 1.54) is 5.56 Å². The molecule has 3 aliphatic rings.